The quantitative estimate of drug-likeness (QED) is 0.676. The Kier molecular flexibility index (Phi) is 4.59. The Balaban J connectivity index is 2.02. The van der Waals surface area contributed by atoms with Gasteiger partial charge in [0.05, 0.1) is 6.04 Å². The molecule has 1 atom stereocenters. The summed E-state index contributed by atoms with van der Waals surface area (Å²) in [6.07, 6.45) is 0. The lowest BCUT2D eigenvalue weighted by Gasteiger charge is -2.22. The van der Waals surface area contributed by atoms with E-state index >= 15 is 0 Å². The molecule has 0 amide bonds. The lowest BCUT2D eigenvalue weighted by molar-refractivity contribution is 0.171. The van der Waals surface area contributed by atoms with Crippen molar-refractivity contribution in [3.63, 3.8) is 0 Å². The van der Waals surface area contributed by atoms with Gasteiger partial charge in [-0.05, 0) is 41.5 Å². The van der Waals surface area contributed by atoms with E-state index in [2.05, 4.69) is 47.8 Å². The average Bonchev–Trinajstić information content (AvgIpc) is 2.44. The van der Waals surface area contributed by atoms with Crippen LogP contribution < -0.4 is 15.2 Å². The van der Waals surface area contributed by atoms with Gasteiger partial charge in [0.1, 0.15) is 13.2 Å². The molecule has 1 heterocycles. The Bertz CT molecular complexity index is 671. The van der Waals surface area contributed by atoms with Crippen molar-refractivity contribution in [2.45, 2.75) is 6.04 Å². The van der Waals surface area contributed by atoms with Gasteiger partial charge in [-0.3, -0.25) is 0 Å². The molecule has 2 aromatic carbocycles. The maximum Gasteiger partial charge on any atom is 0.162 e. The van der Waals surface area contributed by atoms with Crippen molar-refractivity contribution in [1.29, 1.82) is 0 Å². The zero-order valence-electron chi connectivity index (χ0n) is 10.9. The molecule has 0 saturated carbocycles. The molecule has 0 fully saturated rings. The first-order valence-corrected chi connectivity index (χ1v) is 8.73. The van der Waals surface area contributed by atoms with Crippen LogP contribution in [-0.4, -0.2) is 13.2 Å². The molecule has 1 aliphatic rings. The third-order valence-electron chi connectivity index (χ3n) is 3.24. The van der Waals surface area contributed by atoms with Crippen molar-refractivity contribution in [3.05, 3.63) is 54.9 Å². The van der Waals surface area contributed by atoms with Crippen LogP contribution in [0.5, 0.6) is 11.5 Å². The second kappa shape index (κ2) is 6.28. The number of hydrogen-bond donors (Lipinski definition) is 1. The first kappa shape index (κ1) is 15.3. The van der Waals surface area contributed by atoms with E-state index in [0.717, 1.165) is 36.0 Å². The zero-order valence-corrected chi connectivity index (χ0v) is 15.7. The minimum absolute atomic E-state index is 0.260. The third kappa shape index (κ3) is 3.28. The summed E-state index contributed by atoms with van der Waals surface area (Å²) >= 11 is 10.6. The van der Waals surface area contributed by atoms with Crippen LogP contribution in [0.15, 0.2) is 43.7 Å². The van der Waals surface area contributed by atoms with Gasteiger partial charge in [-0.25, -0.2) is 0 Å². The molecule has 0 spiro atoms. The summed E-state index contributed by atoms with van der Waals surface area (Å²) in [6.45, 7) is 1.13. The minimum Gasteiger partial charge on any atom is -0.486 e. The van der Waals surface area contributed by atoms with Crippen LogP contribution in [0.1, 0.15) is 17.2 Å². The van der Waals surface area contributed by atoms with Gasteiger partial charge in [-0.2, -0.15) is 0 Å². The highest BCUT2D eigenvalue weighted by atomic mass is 79.9. The van der Waals surface area contributed by atoms with Crippen LogP contribution >= 0.6 is 47.8 Å². The SMILES string of the molecule is NC(c1cc(Br)cc(Br)c1)c1cc2c(cc1Br)OCCO2. The number of hydrogen-bond acceptors (Lipinski definition) is 3. The predicted molar refractivity (Wildman–Crippen MR) is 93.0 cm³/mol. The van der Waals surface area contributed by atoms with Crippen LogP contribution in [0.2, 0.25) is 0 Å². The third-order valence-corrected chi connectivity index (χ3v) is 4.84. The standard InChI is InChI=1S/C15H12Br3NO2/c16-9-3-8(4-10(17)5-9)15(19)11-6-13-14(7-12(11)18)21-2-1-20-13/h3-7,15H,1-2,19H2. The molecule has 21 heavy (non-hydrogen) atoms. The van der Waals surface area contributed by atoms with Crippen molar-refractivity contribution < 1.29 is 9.47 Å². The Morgan fingerprint density at radius 1 is 0.857 bits per heavy atom. The summed E-state index contributed by atoms with van der Waals surface area (Å²) < 4.78 is 14.1. The first-order chi connectivity index (χ1) is 10.0. The molecule has 0 aliphatic carbocycles. The summed E-state index contributed by atoms with van der Waals surface area (Å²) in [5.41, 5.74) is 8.39. The summed E-state index contributed by atoms with van der Waals surface area (Å²) in [4.78, 5) is 0. The van der Waals surface area contributed by atoms with Crippen molar-refractivity contribution in [1.82, 2.24) is 0 Å². The molecular formula is C15H12Br3NO2. The van der Waals surface area contributed by atoms with Gasteiger partial charge in [0, 0.05) is 13.4 Å². The van der Waals surface area contributed by atoms with Crippen LogP contribution in [0.3, 0.4) is 0 Å². The molecule has 1 unspecified atom stereocenters. The Morgan fingerprint density at radius 2 is 1.43 bits per heavy atom. The molecule has 1 aliphatic heterocycles. The maximum absolute atomic E-state index is 6.42. The maximum atomic E-state index is 6.42. The van der Waals surface area contributed by atoms with Crippen molar-refractivity contribution >= 4 is 47.8 Å². The second-order valence-electron chi connectivity index (χ2n) is 4.70. The van der Waals surface area contributed by atoms with E-state index < -0.39 is 0 Å². The second-order valence-corrected chi connectivity index (χ2v) is 7.38. The number of halogens is 3. The van der Waals surface area contributed by atoms with Gasteiger partial charge in [0.2, 0.25) is 0 Å². The van der Waals surface area contributed by atoms with Crippen molar-refractivity contribution in [2.75, 3.05) is 13.2 Å². The zero-order chi connectivity index (χ0) is 15.0. The Morgan fingerprint density at radius 3 is 2.05 bits per heavy atom. The number of fused-ring (bicyclic) bond motifs is 1. The lowest BCUT2D eigenvalue weighted by atomic mass is 9.99. The van der Waals surface area contributed by atoms with E-state index in [1.54, 1.807) is 0 Å². The van der Waals surface area contributed by atoms with E-state index in [-0.39, 0.29) is 6.04 Å². The van der Waals surface area contributed by atoms with Crippen LogP contribution in [-0.2, 0) is 0 Å². The molecule has 0 radical (unpaired) electrons. The van der Waals surface area contributed by atoms with E-state index in [1.165, 1.54) is 0 Å². The minimum atomic E-state index is -0.260. The molecule has 110 valence electrons. The highest BCUT2D eigenvalue weighted by Gasteiger charge is 2.19. The van der Waals surface area contributed by atoms with Gasteiger partial charge in [-0.1, -0.05) is 47.8 Å². The Labute approximate surface area is 148 Å². The largest absolute Gasteiger partial charge is 0.486 e. The highest BCUT2D eigenvalue weighted by Crippen LogP contribution is 2.39. The van der Waals surface area contributed by atoms with Gasteiger partial charge in [0.15, 0.2) is 11.5 Å². The van der Waals surface area contributed by atoms with Crippen molar-refractivity contribution in [2.24, 2.45) is 5.73 Å². The predicted octanol–water partition coefficient (Wildman–Crippen LogP) is 4.79. The van der Waals surface area contributed by atoms with Gasteiger partial charge in [0.25, 0.3) is 0 Å². The number of nitrogens with two attached hydrogens (primary N) is 1. The summed E-state index contributed by atoms with van der Waals surface area (Å²) in [5.74, 6) is 1.49. The van der Waals surface area contributed by atoms with Crippen LogP contribution in [0.25, 0.3) is 0 Å². The first-order valence-electron chi connectivity index (χ1n) is 6.35. The molecule has 0 bridgehead atoms. The lowest BCUT2D eigenvalue weighted by Crippen LogP contribution is -2.17. The van der Waals surface area contributed by atoms with Crippen molar-refractivity contribution in [3.8, 4) is 11.5 Å². The van der Waals surface area contributed by atoms with Crippen LogP contribution in [0, 0.1) is 0 Å². The monoisotopic (exact) mass is 475 g/mol. The smallest absolute Gasteiger partial charge is 0.162 e. The molecular weight excluding hydrogens is 466 g/mol. The summed E-state index contributed by atoms with van der Waals surface area (Å²) in [6, 6.07) is 9.60. The highest BCUT2D eigenvalue weighted by molar-refractivity contribution is 9.11. The topological polar surface area (TPSA) is 44.5 Å². The molecule has 0 aromatic heterocycles. The molecule has 2 aromatic rings. The fourth-order valence-electron chi connectivity index (χ4n) is 2.25. The fourth-order valence-corrected chi connectivity index (χ4v) is 4.15. The summed E-state index contributed by atoms with van der Waals surface area (Å²) in [7, 11) is 0. The van der Waals surface area contributed by atoms with Gasteiger partial charge in [-0.15, -0.1) is 0 Å². The van der Waals surface area contributed by atoms with E-state index in [4.69, 9.17) is 15.2 Å². The number of benzene rings is 2. The molecule has 2 N–H and O–H groups in total. The van der Waals surface area contributed by atoms with E-state index in [1.807, 2.05) is 30.3 Å². The Hall–Kier alpha value is -0.560. The number of rotatable bonds is 2. The summed E-state index contributed by atoms with van der Waals surface area (Å²) in [5, 5.41) is 0. The van der Waals surface area contributed by atoms with E-state index in [0.29, 0.717) is 13.2 Å². The average molecular weight is 478 g/mol. The van der Waals surface area contributed by atoms with E-state index in [9.17, 15) is 0 Å². The number of ether oxygens (including phenoxy) is 2. The van der Waals surface area contributed by atoms with Gasteiger partial charge < -0.3 is 15.2 Å². The molecule has 3 nitrogen and oxygen atoms in total. The van der Waals surface area contributed by atoms with Crippen LogP contribution in [0.4, 0.5) is 0 Å². The fraction of sp³-hybridized carbons (Fsp3) is 0.200. The molecule has 0 saturated heterocycles. The molecule has 3 rings (SSSR count). The molecule has 6 heteroatoms. The normalized spacial score (nSPS) is 14.9. The van der Waals surface area contributed by atoms with Gasteiger partial charge >= 0.3 is 0 Å².